The lowest BCUT2D eigenvalue weighted by molar-refractivity contribution is 0.590. The summed E-state index contributed by atoms with van der Waals surface area (Å²) in [6, 6.07) is 61.6. The summed E-state index contributed by atoms with van der Waals surface area (Å²) < 4.78 is 4.62. The average Bonchev–Trinajstić information content (AvgIpc) is 3.75. The van der Waals surface area contributed by atoms with Crippen molar-refractivity contribution in [3.05, 3.63) is 181 Å². The molecule has 0 aliphatic rings. The summed E-state index contributed by atoms with van der Waals surface area (Å²) in [5.41, 5.74) is 14.6. The van der Waals surface area contributed by atoms with Crippen LogP contribution in [-0.4, -0.2) is 19.1 Å². The molecule has 4 nitrogen and oxygen atoms in total. The van der Waals surface area contributed by atoms with Gasteiger partial charge in [-0.05, 0) is 81.6 Å². The third kappa shape index (κ3) is 6.08. The van der Waals surface area contributed by atoms with Gasteiger partial charge in [0, 0.05) is 38.4 Å². The van der Waals surface area contributed by atoms with E-state index in [4.69, 9.17) is 9.97 Å². The van der Waals surface area contributed by atoms with Crippen LogP contribution in [0.25, 0.3) is 88.9 Å². The van der Waals surface area contributed by atoms with Crippen molar-refractivity contribution in [2.75, 3.05) is 0 Å². The molecule has 58 heavy (non-hydrogen) atoms. The number of aromatic nitrogens is 4. The molecule has 0 aliphatic carbocycles. The predicted octanol–water partition coefficient (Wildman–Crippen LogP) is 14.3. The summed E-state index contributed by atoms with van der Waals surface area (Å²) in [5.74, 6) is 0.653. The van der Waals surface area contributed by atoms with Crippen LogP contribution in [0.2, 0.25) is 0 Å². The maximum Gasteiger partial charge on any atom is 0.235 e. The molecule has 3 heterocycles. The molecule has 0 unspecified atom stereocenters. The van der Waals surface area contributed by atoms with E-state index < -0.39 is 0 Å². The van der Waals surface area contributed by atoms with Gasteiger partial charge in [-0.25, -0.2) is 9.97 Å². The second kappa shape index (κ2) is 13.4. The first-order chi connectivity index (χ1) is 28.0. The van der Waals surface area contributed by atoms with Gasteiger partial charge in [-0.1, -0.05) is 163 Å². The van der Waals surface area contributed by atoms with Crippen LogP contribution in [0.1, 0.15) is 52.7 Å². The van der Waals surface area contributed by atoms with Crippen molar-refractivity contribution in [1.29, 1.82) is 0 Å². The number of nitrogens with zero attached hydrogens (tertiary/aromatic N) is 4. The number of fused-ring (bicyclic) bond motifs is 6. The number of benzene rings is 7. The van der Waals surface area contributed by atoms with Gasteiger partial charge < -0.3 is 4.57 Å². The monoisotopic (exact) mass is 750 g/mol. The van der Waals surface area contributed by atoms with Crippen LogP contribution in [-0.2, 0) is 10.8 Å². The summed E-state index contributed by atoms with van der Waals surface area (Å²) >= 11 is 0. The lowest BCUT2D eigenvalue weighted by Gasteiger charge is -2.20. The highest BCUT2D eigenvalue weighted by atomic mass is 15.2. The fourth-order valence-electron chi connectivity index (χ4n) is 8.49. The SMILES string of the molecule is CC(C)(C)c1ccc(-c2cc(-c3ccc(C(C)(C)C)cc3)nc(-n3c4ccccc4c4cc(-c5ccc6c7ccccc7n(-c7ccccc7)c6c5)ccc43)n2)cc1. The van der Waals surface area contributed by atoms with Crippen molar-refractivity contribution < 1.29 is 0 Å². The minimum atomic E-state index is 0.0587. The molecule has 0 saturated carbocycles. The molecule has 0 radical (unpaired) electrons. The quantitative estimate of drug-likeness (QED) is 0.176. The molecule has 0 spiro atoms. The van der Waals surface area contributed by atoms with Crippen LogP contribution in [0, 0.1) is 0 Å². The number of rotatable bonds is 5. The van der Waals surface area contributed by atoms with Gasteiger partial charge in [0.1, 0.15) is 0 Å². The molecule has 282 valence electrons. The molecule has 0 amide bonds. The fraction of sp³-hybridized carbons (Fsp3) is 0.148. The van der Waals surface area contributed by atoms with Crippen molar-refractivity contribution in [2.24, 2.45) is 0 Å². The zero-order valence-electron chi connectivity index (χ0n) is 34.0. The molecule has 7 aromatic carbocycles. The molecule has 0 bridgehead atoms. The van der Waals surface area contributed by atoms with Crippen molar-refractivity contribution >= 4 is 43.6 Å². The van der Waals surface area contributed by atoms with Crippen LogP contribution >= 0.6 is 0 Å². The number of hydrogen-bond donors (Lipinski definition) is 0. The van der Waals surface area contributed by atoms with E-state index in [-0.39, 0.29) is 10.8 Å². The highest BCUT2D eigenvalue weighted by Gasteiger charge is 2.20. The van der Waals surface area contributed by atoms with E-state index in [9.17, 15) is 0 Å². The van der Waals surface area contributed by atoms with Crippen LogP contribution in [0.15, 0.2) is 170 Å². The molecule has 10 rings (SSSR count). The zero-order chi connectivity index (χ0) is 39.8. The van der Waals surface area contributed by atoms with Crippen molar-refractivity contribution in [2.45, 2.75) is 52.4 Å². The molecule has 0 aliphatic heterocycles. The Kier molecular flexibility index (Phi) is 8.24. The Morgan fingerprint density at radius 2 is 0.793 bits per heavy atom. The van der Waals surface area contributed by atoms with E-state index in [1.54, 1.807) is 0 Å². The van der Waals surface area contributed by atoms with Gasteiger partial charge in [0.05, 0.1) is 33.5 Å². The summed E-state index contributed by atoms with van der Waals surface area (Å²) in [7, 11) is 0. The number of hydrogen-bond acceptors (Lipinski definition) is 2. The highest BCUT2D eigenvalue weighted by Crippen LogP contribution is 2.39. The van der Waals surface area contributed by atoms with Gasteiger partial charge in [0.15, 0.2) is 0 Å². The molecular weight excluding hydrogens is 705 g/mol. The van der Waals surface area contributed by atoms with E-state index in [0.717, 1.165) is 50.2 Å². The maximum absolute atomic E-state index is 5.34. The second-order valence-electron chi connectivity index (χ2n) is 17.6. The summed E-state index contributed by atoms with van der Waals surface area (Å²) in [4.78, 5) is 10.7. The lowest BCUT2D eigenvalue weighted by Crippen LogP contribution is -2.10. The Morgan fingerprint density at radius 1 is 0.345 bits per heavy atom. The van der Waals surface area contributed by atoms with Crippen LogP contribution in [0.4, 0.5) is 0 Å². The molecule has 0 N–H and O–H groups in total. The van der Waals surface area contributed by atoms with E-state index in [1.807, 2.05) is 0 Å². The molecule has 3 aromatic heterocycles. The van der Waals surface area contributed by atoms with Crippen molar-refractivity contribution in [1.82, 2.24) is 19.1 Å². The maximum atomic E-state index is 5.34. The average molecular weight is 751 g/mol. The Morgan fingerprint density at radius 3 is 1.38 bits per heavy atom. The lowest BCUT2D eigenvalue weighted by atomic mass is 9.86. The predicted molar refractivity (Wildman–Crippen MR) is 244 cm³/mol. The largest absolute Gasteiger partial charge is 0.309 e. The van der Waals surface area contributed by atoms with E-state index in [0.29, 0.717) is 5.95 Å². The minimum Gasteiger partial charge on any atom is -0.309 e. The summed E-state index contributed by atoms with van der Waals surface area (Å²) in [5, 5.41) is 4.83. The summed E-state index contributed by atoms with van der Waals surface area (Å²) in [6.07, 6.45) is 0. The Balaban J connectivity index is 1.15. The third-order valence-electron chi connectivity index (χ3n) is 11.7. The topological polar surface area (TPSA) is 35.6 Å². The number of para-hydroxylation sites is 3. The first-order valence-electron chi connectivity index (χ1n) is 20.2. The first-order valence-corrected chi connectivity index (χ1v) is 20.2. The third-order valence-corrected chi connectivity index (χ3v) is 11.7. The van der Waals surface area contributed by atoms with Crippen LogP contribution in [0.3, 0.4) is 0 Å². The zero-order valence-corrected chi connectivity index (χ0v) is 34.0. The minimum absolute atomic E-state index is 0.0587. The van der Waals surface area contributed by atoms with Gasteiger partial charge in [-0.3, -0.25) is 4.57 Å². The van der Waals surface area contributed by atoms with Crippen molar-refractivity contribution in [3.8, 4) is 45.3 Å². The Hall–Kier alpha value is -6.78. The smallest absolute Gasteiger partial charge is 0.235 e. The van der Waals surface area contributed by atoms with Crippen LogP contribution in [0.5, 0.6) is 0 Å². The first kappa shape index (κ1) is 35.6. The summed E-state index contributed by atoms with van der Waals surface area (Å²) in [6.45, 7) is 13.5. The van der Waals surface area contributed by atoms with Gasteiger partial charge in [0.25, 0.3) is 0 Å². The molecule has 0 fully saturated rings. The van der Waals surface area contributed by atoms with Gasteiger partial charge in [0.2, 0.25) is 5.95 Å². The molecule has 0 atom stereocenters. The molecule has 0 saturated heterocycles. The highest BCUT2D eigenvalue weighted by molar-refractivity contribution is 6.12. The fourth-order valence-corrected chi connectivity index (χ4v) is 8.49. The molecular formula is C54H46N4. The van der Waals surface area contributed by atoms with Gasteiger partial charge >= 0.3 is 0 Å². The van der Waals surface area contributed by atoms with Gasteiger partial charge in [-0.15, -0.1) is 0 Å². The second-order valence-corrected chi connectivity index (χ2v) is 17.6. The molecule has 10 aromatic rings. The normalized spacial score (nSPS) is 12.3. The standard InChI is InChI=1S/C54H46N4/c1-53(2,3)39-26-20-35(21-27-39)46-34-47(36-22-28-40(29-23-36)54(4,5)6)56-52(55-46)58-49-19-13-11-17-43(49)45-32-37(25-31-50(45)58)38-24-30-44-42-16-10-12-18-48(42)57(51(44)33-38)41-14-8-7-9-15-41/h7-34H,1-6H3. The Bertz CT molecular complexity index is 3080. The van der Waals surface area contributed by atoms with Gasteiger partial charge in [-0.2, -0.15) is 0 Å². The molecule has 4 heteroatoms. The van der Waals surface area contributed by atoms with E-state index >= 15 is 0 Å². The van der Waals surface area contributed by atoms with E-state index in [1.165, 1.54) is 43.9 Å². The Labute approximate surface area is 340 Å². The van der Waals surface area contributed by atoms with E-state index in [2.05, 4.69) is 221 Å². The van der Waals surface area contributed by atoms with Crippen molar-refractivity contribution in [3.63, 3.8) is 0 Å². The van der Waals surface area contributed by atoms with Crippen LogP contribution < -0.4 is 0 Å².